The van der Waals surface area contributed by atoms with Crippen LogP contribution in [0.3, 0.4) is 0 Å². The lowest BCUT2D eigenvalue weighted by Gasteiger charge is -2.16. The first-order chi connectivity index (χ1) is 9.88. The van der Waals surface area contributed by atoms with E-state index in [0.717, 1.165) is 28.9 Å². The largest absolute Gasteiger partial charge is 0.493 e. The highest BCUT2D eigenvalue weighted by molar-refractivity contribution is 5.99. The number of carboxylic acid groups (broad SMARTS) is 1. The Hall–Kier alpha value is -1.84. The van der Waals surface area contributed by atoms with Gasteiger partial charge < -0.3 is 9.84 Å². The molecule has 0 bridgehead atoms. The molecule has 0 aliphatic carbocycles. The van der Waals surface area contributed by atoms with E-state index in [9.17, 15) is 9.59 Å². The monoisotopic (exact) mass is 292 g/mol. The number of carboxylic acids is 1. The van der Waals surface area contributed by atoms with Crippen LogP contribution in [-0.4, -0.2) is 23.5 Å². The summed E-state index contributed by atoms with van der Waals surface area (Å²) in [6.45, 7) is 8.48. The molecule has 116 valence electrons. The van der Waals surface area contributed by atoms with Crippen molar-refractivity contribution < 1.29 is 19.4 Å². The molecule has 0 fully saturated rings. The molecule has 0 saturated carbocycles. The fourth-order valence-electron chi connectivity index (χ4n) is 2.36. The minimum Gasteiger partial charge on any atom is -0.493 e. The van der Waals surface area contributed by atoms with E-state index in [-0.39, 0.29) is 18.6 Å². The van der Waals surface area contributed by atoms with E-state index >= 15 is 0 Å². The van der Waals surface area contributed by atoms with E-state index in [1.165, 1.54) is 0 Å². The van der Waals surface area contributed by atoms with Gasteiger partial charge in [0.1, 0.15) is 5.75 Å². The quantitative estimate of drug-likeness (QED) is 0.739. The van der Waals surface area contributed by atoms with Crippen molar-refractivity contribution in [3.8, 4) is 5.75 Å². The number of ether oxygens (including phenoxy) is 1. The normalized spacial score (nSPS) is 10.5. The van der Waals surface area contributed by atoms with Crippen molar-refractivity contribution in [2.24, 2.45) is 0 Å². The molecule has 0 heterocycles. The number of aryl methyl sites for hydroxylation is 1. The third-order valence-corrected chi connectivity index (χ3v) is 3.58. The molecule has 0 amide bonds. The van der Waals surface area contributed by atoms with Crippen LogP contribution in [0.25, 0.3) is 0 Å². The number of carbonyl (C=O) groups is 2. The maximum atomic E-state index is 12.3. The lowest BCUT2D eigenvalue weighted by atomic mass is 9.92. The van der Waals surface area contributed by atoms with Gasteiger partial charge in [-0.25, -0.2) is 0 Å². The molecular formula is C17H24O4. The van der Waals surface area contributed by atoms with Crippen molar-refractivity contribution in [2.45, 2.75) is 53.4 Å². The van der Waals surface area contributed by atoms with Crippen LogP contribution >= 0.6 is 0 Å². The minimum atomic E-state index is -0.865. The molecule has 0 spiro atoms. The van der Waals surface area contributed by atoms with Gasteiger partial charge in [0, 0.05) is 18.4 Å². The van der Waals surface area contributed by atoms with Crippen LogP contribution in [0.15, 0.2) is 6.07 Å². The highest BCUT2D eigenvalue weighted by Gasteiger charge is 2.17. The third kappa shape index (κ3) is 4.59. The van der Waals surface area contributed by atoms with Crippen LogP contribution in [0.2, 0.25) is 0 Å². The van der Waals surface area contributed by atoms with E-state index in [1.807, 2.05) is 26.8 Å². The van der Waals surface area contributed by atoms with Crippen molar-refractivity contribution in [1.29, 1.82) is 0 Å². The summed E-state index contributed by atoms with van der Waals surface area (Å²) in [6.07, 6.45) is 1.61. The summed E-state index contributed by atoms with van der Waals surface area (Å²) in [5, 5.41) is 8.64. The molecule has 4 heteroatoms. The number of Topliss-reactive ketones (excluding diaryl/α,β-unsaturated/α-hetero) is 1. The molecule has 0 aromatic heterocycles. The van der Waals surface area contributed by atoms with E-state index in [0.29, 0.717) is 18.6 Å². The summed E-state index contributed by atoms with van der Waals surface area (Å²) >= 11 is 0. The molecule has 1 aromatic carbocycles. The van der Waals surface area contributed by atoms with Gasteiger partial charge in [-0.15, -0.1) is 0 Å². The molecule has 0 aliphatic heterocycles. The van der Waals surface area contributed by atoms with Gasteiger partial charge >= 0.3 is 5.97 Å². The Morgan fingerprint density at radius 1 is 1.14 bits per heavy atom. The molecule has 0 saturated heterocycles. The molecule has 0 unspecified atom stereocenters. The standard InChI is InChI=1S/C17H24O4/c1-5-9-21-15-10-11(2)17(13(4)12(15)3)14(18)7-6-8-16(19)20/h10H,5-9H2,1-4H3,(H,19,20). The maximum Gasteiger partial charge on any atom is 0.303 e. The van der Waals surface area contributed by atoms with Crippen LogP contribution in [0.4, 0.5) is 0 Å². The zero-order valence-corrected chi connectivity index (χ0v) is 13.3. The van der Waals surface area contributed by atoms with Crippen LogP contribution in [-0.2, 0) is 4.79 Å². The van der Waals surface area contributed by atoms with Crippen molar-refractivity contribution in [3.63, 3.8) is 0 Å². The van der Waals surface area contributed by atoms with Crippen LogP contribution < -0.4 is 4.74 Å². The number of carbonyl (C=O) groups excluding carboxylic acids is 1. The molecule has 0 radical (unpaired) electrons. The van der Waals surface area contributed by atoms with Gasteiger partial charge in [0.25, 0.3) is 0 Å². The topological polar surface area (TPSA) is 63.6 Å². The highest BCUT2D eigenvalue weighted by atomic mass is 16.5. The van der Waals surface area contributed by atoms with Gasteiger partial charge in [0.05, 0.1) is 6.61 Å². The lowest BCUT2D eigenvalue weighted by molar-refractivity contribution is -0.137. The smallest absolute Gasteiger partial charge is 0.303 e. The first-order valence-corrected chi connectivity index (χ1v) is 7.37. The van der Waals surface area contributed by atoms with Gasteiger partial charge in [0.2, 0.25) is 0 Å². The van der Waals surface area contributed by atoms with Gasteiger partial charge in [-0.3, -0.25) is 9.59 Å². The summed E-state index contributed by atoms with van der Waals surface area (Å²) in [6, 6.07) is 1.91. The zero-order valence-electron chi connectivity index (χ0n) is 13.3. The van der Waals surface area contributed by atoms with Crippen molar-refractivity contribution in [3.05, 3.63) is 28.3 Å². The first-order valence-electron chi connectivity index (χ1n) is 7.37. The van der Waals surface area contributed by atoms with Crippen molar-refractivity contribution >= 4 is 11.8 Å². The summed E-state index contributed by atoms with van der Waals surface area (Å²) in [7, 11) is 0. The highest BCUT2D eigenvalue weighted by Crippen LogP contribution is 2.29. The second-order valence-corrected chi connectivity index (χ2v) is 5.34. The predicted octanol–water partition coefficient (Wildman–Crippen LogP) is 3.84. The minimum absolute atomic E-state index is 0.0105. The predicted molar refractivity (Wildman–Crippen MR) is 82.3 cm³/mol. The van der Waals surface area contributed by atoms with E-state index in [2.05, 4.69) is 6.92 Å². The van der Waals surface area contributed by atoms with E-state index in [4.69, 9.17) is 9.84 Å². The molecular weight excluding hydrogens is 268 g/mol. The van der Waals surface area contributed by atoms with Gasteiger partial charge in [-0.2, -0.15) is 0 Å². The SMILES string of the molecule is CCCOc1cc(C)c(C(=O)CCCC(=O)O)c(C)c1C. The van der Waals surface area contributed by atoms with Crippen LogP contribution in [0.5, 0.6) is 5.75 Å². The fourth-order valence-corrected chi connectivity index (χ4v) is 2.36. The number of ketones is 1. The molecule has 1 rings (SSSR count). The third-order valence-electron chi connectivity index (χ3n) is 3.58. The first kappa shape index (κ1) is 17.2. The number of rotatable bonds is 8. The fraction of sp³-hybridized carbons (Fsp3) is 0.529. The molecule has 21 heavy (non-hydrogen) atoms. The number of hydrogen-bond donors (Lipinski definition) is 1. The number of benzene rings is 1. The van der Waals surface area contributed by atoms with E-state index < -0.39 is 5.97 Å². The Balaban J connectivity index is 2.95. The summed E-state index contributed by atoms with van der Waals surface area (Å²) in [5.74, 6) is -0.0268. The summed E-state index contributed by atoms with van der Waals surface area (Å²) < 4.78 is 5.71. The van der Waals surface area contributed by atoms with E-state index in [1.54, 1.807) is 0 Å². The second kappa shape index (κ2) is 7.81. The molecule has 1 aromatic rings. The Bertz CT molecular complexity index is 532. The van der Waals surface area contributed by atoms with Gasteiger partial charge in [0.15, 0.2) is 5.78 Å². The zero-order chi connectivity index (χ0) is 16.0. The van der Waals surface area contributed by atoms with Gasteiger partial charge in [-0.05, 0) is 56.4 Å². The Labute approximate surface area is 126 Å². The Kier molecular flexibility index (Phi) is 6.40. The maximum absolute atomic E-state index is 12.3. The van der Waals surface area contributed by atoms with Crippen LogP contribution in [0.1, 0.15) is 59.7 Å². The van der Waals surface area contributed by atoms with Gasteiger partial charge in [-0.1, -0.05) is 6.92 Å². The average molecular weight is 292 g/mol. The number of aliphatic carboxylic acids is 1. The molecule has 0 aliphatic rings. The summed E-state index contributed by atoms with van der Waals surface area (Å²) in [4.78, 5) is 22.8. The molecule has 1 N–H and O–H groups in total. The number of hydrogen-bond acceptors (Lipinski definition) is 3. The lowest BCUT2D eigenvalue weighted by Crippen LogP contribution is -2.09. The molecule has 0 atom stereocenters. The Morgan fingerprint density at radius 3 is 2.38 bits per heavy atom. The average Bonchev–Trinajstić information content (AvgIpc) is 2.41. The summed E-state index contributed by atoms with van der Waals surface area (Å²) in [5.41, 5.74) is 3.52. The Morgan fingerprint density at radius 2 is 1.81 bits per heavy atom. The molecule has 4 nitrogen and oxygen atoms in total. The van der Waals surface area contributed by atoms with Crippen molar-refractivity contribution in [2.75, 3.05) is 6.61 Å². The van der Waals surface area contributed by atoms with Crippen LogP contribution in [0, 0.1) is 20.8 Å². The second-order valence-electron chi connectivity index (χ2n) is 5.34. The van der Waals surface area contributed by atoms with Crippen molar-refractivity contribution in [1.82, 2.24) is 0 Å².